The van der Waals surface area contributed by atoms with Gasteiger partial charge in [-0.25, -0.2) is 0 Å². The van der Waals surface area contributed by atoms with Crippen LogP contribution in [0.4, 0.5) is 11.4 Å². The number of nitrogens with zero attached hydrogens (tertiary/aromatic N) is 2. The average molecular weight is 441 g/mol. The second-order valence-electron chi connectivity index (χ2n) is 8.01. The minimum atomic E-state index is -1.75. The Morgan fingerprint density at radius 1 is 1.23 bits per heavy atom. The number of aliphatic hydroxyl groups is 2. The Morgan fingerprint density at radius 2 is 2.03 bits per heavy atom. The Bertz CT molecular complexity index is 1050. The molecule has 2 aromatic rings. The molecule has 31 heavy (non-hydrogen) atoms. The second-order valence-corrected chi connectivity index (χ2v) is 8.45. The number of rotatable bonds is 7. The molecule has 1 saturated heterocycles. The highest BCUT2D eigenvalue weighted by molar-refractivity contribution is 6.31. The number of fused-ring (bicyclic) bond motifs is 1. The summed E-state index contributed by atoms with van der Waals surface area (Å²) < 4.78 is 0. The molecule has 4 rings (SSSR count). The lowest BCUT2D eigenvalue weighted by atomic mass is 9.83. The lowest BCUT2D eigenvalue weighted by Crippen LogP contribution is -2.44. The van der Waals surface area contributed by atoms with Crippen LogP contribution in [0.1, 0.15) is 30.9 Å². The quantitative estimate of drug-likeness (QED) is 0.511. The van der Waals surface area contributed by atoms with Crippen molar-refractivity contribution in [2.75, 3.05) is 23.0 Å². The summed E-state index contributed by atoms with van der Waals surface area (Å²) in [6, 6.07) is 12.6. The molecule has 6 nitrogen and oxygen atoms in total. The van der Waals surface area contributed by atoms with Crippen LogP contribution in [0.15, 0.2) is 54.6 Å². The van der Waals surface area contributed by atoms with E-state index >= 15 is 0 Å². The molecule has 2 aliphatic rings. The first-order valence-corrected chi connectivity index (χ1v) is 10.7. The first kappa shape index (κ1) is 21.6. The van der Waals surface area contributed by atoms with Crippen LogP contribution in [0.25, 0.3) is 0 Å². The van der Waals surface area contributed by atoms with Crippen LogP contribution in [0.2, 0.25) is 5.02 Å². The second kappa shape index (κ2) is 8.46. The zero-order valence-corrected chi connectivity index (χ0v) is 18.0. The van der Waals surface area contributed by atoms with Gasteiger partial charge in [-0.05, 0) is 42.3 Å². The van der Waals surface area contributed by atoms with Crippen molar-refractivity contribution in [2.24, 2.45) is 5.92 Å². The van der Waals surface area contributed by atoms with Crippen molar-refractivity contribution in [2.45, 2.75) is 31.9 Å². The van der Waals surface area contributed by atoms with Gasteiger partial charge in [0.05, 0.1) is 12.2 Å². The highest BCUT2D eigenvalue weighted by Gasteiger charge is 2.52. The predicted molar refractivity (Wildman–Crippen MR) is 120 cm³/mol. The summed E-state index contributed by atoms with van der Waals surface area (Å²) in [5.41, 5.74) is 1.01. The fourth-order valence-electron chi connectivity index (χ4n) is 4.18. The van der Waals surface area contributed by atoms with Crippen LogP contribution in [0.3, 0.4) is 0 Å². The third kappa shape index (κ3) is 3.76. The lowest BCUT2D eigenvalue weighted by molar-refractivity contribution is -0.139. The van der Waals surface area contributed by atoms with Gasteiger partial charge in [-0.2, -0.15) is 0 Å². The van der Waals surface area contributed by atoms with E-state index in [0.717, 1.165) is 11.3 Å². The summed E-state index contributed by atoms with van der Waals surface area (Å²) >= 11 is 6.20. The normalized spacial score (nSPS) is 21.5. The largest absolute Gasteiger partial charge is 0.396 e. The van der Waals surface area contributed by atoms with Gasteiger partial charge in [0.15, 0.2) is 5.60 Å². The highest BCUT2D eigenvalue weighted by Crippen LogP contribution is 2.46. The minimum absolute atomic E-state index is 0.00000372. The fraction of sp³-hybridized carbons (Fsp3) is 0.333. The summed E-state index contributed by atoms with van der Waals surface area (Å²) in [7, 11) is 0. The van der Waals surface area contributed by atoms with Gasteiger partial charge in [-0.15, -0.1) is 0 Å². The molecule has 2 aliphatic heterocycles. The summed E-state index contributed by atoms with van der Waals surface area (Å²) in [6.07, 6.45) is 4.51. The number of carbonyl (C=O) groups excluding carboxylic acids is 2. The maximum absolute atomic E-state index is 13.5. The van der Waals surface area contributed by atoms with E-state index in [2.05, 4.69) is 0 Å². The smallest absolute Gasteiger partial charge is 0.264 e. The molecule has 0 spiro atoms. The van der Waals surface area contributed by atoms with Crippen LogP contribution in [0.5, 0.6) is 0 Å². The van der Waals surface area contributed by atoms with E-state index < -0.39 is 17.4 Å². The summed E-state index contributed by atoms with van der Waals surface area (Å²) in [5, 5.41) is 21.0. The molecule has 7 heteroatoms. The molecule has 162 valence electrons. The van der Waals surface area contributed by atoms with Gasteiger partial charge in [0, 0.05) is 41.8 Å². The molecule has 0 unspecified atom stereocenters. The number of hydrogen-bond donors (Lipinski definition) is 2. The van der Waals surface area contributed by atoms with Crippen LogP contribution in [-0.4, -0.2) is 35.2 Å². The minimum Gasteiger partial charge on any atom is -0.396 e. The molecule has 2 heterocycles. The number of aliphatic hydroxyl groups excluding tert-OH is 1. The molecule has 2 amide bonds. The van der Waals surface area contributed by atoms with Crippen LogP contribution in [0, 0.1) is 5.92 Å². The van der Waals surface area contributed by atoms with Crippen LogP contribution < -0.4 is 9.80 Å². The van der Waals surface area contributed by atoms with E-state index in [1.54, 1.807) is 47.1 Å². The molecule has 2 aromatic carbocycles. The maximum Gasteiger partial charge on any atom is 0.264 e. The molecule has 0 aromatic heterocycles. The molecular weight excluding hydrogens is 416 g/mol. The van der Waals surface area contributed by atoms with E-state index in [-0.39, 0.29) is 19.1 Å². The Balaban J connectivity index is 1.67. The fourth-order valence-corrected chi connectivity index (χ4v) is 4.36. The number of carbonyl (C=O) groups is 2. The number of hydrogen-bond acceptors (Lipinski definition) is 4. The van der Waals surface area contributed by atoms with Crippen LogP contribution >= 0.6 is 11.6 Å². The van der Waals surface area contributed by atoms with Crippen molar-refractivity contribution in [1.82, 2.24) is 0 Å². The van der Waals surface area contributed by atoms with Gasteiger partial charge in [0.2, 0.25) is 5.91 Å². The van der Waals surface area contributed by atoms with Gasteiger partial charge in [-0.3, -0.25) is 9.59 Å². The molecule has 2 N–H and O–H groups in total. The Morgan fingerprint density at radius 3 is 2.71 bits per heavy atom. The molecule has 2 atom stereocenters. The van der Waals surface area contributed by atoms with Crippen molar-refractivity contribution >= 4 is 34.8 Å². The number of halogens is 1. The van der Waals surface area contributed by atoms with Crippen molar-refractivity contribution in [3.63, 3.8) is 0 Å². The molecule has 0 bridgehead atoms. The van der Waals surface area contributed by atoms with E-state index in [1.807, 2.05) is 24.3 Å². The Labute approximate surface area is 186 Å². The summed E-state index contributed by atoms with van der Waals surface area (Å²) in [5.74, 6) is -0.845. The van der Waals surface area contributed by atoms with E-state index in [4.69, 9.17) is 16.7 Å². The first-order valence-electron chi connectivity index (χ1n) is 10.4. The number of amides is 2. The molecule has 0 aliphatic carbocycles. The molecule has 1 fully saturated rings. The monoisotopic (exact) mass is 440 g/mol. The first-order chi connectivity index (χ1) is 14.9. The van der Waals surface area contributed by atoms with Crippen molar-refractivity contribution in [3.8, 4) is 0 Å². The Kier molecular flexibility index (Phi) is 5.88. The molecule has 0 saturated carbocycles. The SMILES string of the molecule is C[C@H](/C=C/CCO)[C@@]1(O)C(=O)N(Cc2cccc(N3CCC3=O)c2)c2ccc(Cl)cc21. The molecular formula is C24H25ClN2O4. The Hall–Kier alpha value is -2.67. The molecule has 0 radical (unpaired) electrons. The zero-order chi connectivity index (χ0) is 22.2. The van der Waals surface area contributed by atoms with Gasteiger partial charge in [-0.1, -0.05) is 42.8 Å². The van der Waals surface area contributed by atoms with Crippen LogP contribution in [-0.2, 0) is 21.7 Å². The third-order valence-electron chi connectivity index (χ3n) is 6.02. The number of β-lactam (4-membered cyclic amide) rings is 1. The van der Waals surface area contributed by atoms with Gasteiger partial charge in [0.1, 0.15) is 0 Å². The van der Waals surface area contributed by atoms with Gasteiger partial charge < -0.3 is 20.0 Å². The highest BCUT2D eigenvalue weighted by atomic mass is 35.5. The van der Waals surface area contributed by atoms with E-state index in [9.17, 15) is 14.7 Å². The zero-order valence-electron chi connectivity index (χ0n) is 17.3. The average Bonchev–Trinajstić information content (AvgIpc) is 2.95. The predicted octanol–water partition coefficient (Wildman–Crippen LogP) is 3.39. The number of benzene rings is 2. The van der Waals surface area contributed by atoms with Crippen molar-refractivity contribution < 1.29 is 19.8 Å². The van der Waals surface area contributed by atoms with Gasteiger partial charge in [0.25, 0.3) is 5.91 Å². The maximum atomic E-state index is 13.5. The third-order valence-corrected chi connectivity index (χ3v) is 6.26. The van der Waals surface area contributed by atoms with Crippen molar-refractivity contribution in [1.29, 1.82) is 0 Å². The standard InChI is InChI=1S/C24H25ClN2O4/c1-16(5-2-3-12-28)24(31)20-14-18(25)8-9-21(20)27(23(24)30)15-17-6-4-7-19(13-17)26-11-10-22(26)29/h2,4-9,13-14,16,28,31H,3,10-12,15H2,1H3/b5-2+/t16-,24+/m1/s1. The van der Waals surface area contributed by atoms with Crippen molar-refractivity contribution in [3.05, 3.63) is 70.8 Å². The number of anilines is 2. The van der Waals surface area contributed by atoms with E-state index in [0.29, 0.717) is 35.7 Å². The summed E-state index contributed by atoms with van der Waals surface area (Å²) in [6.45, 7) is 2.73. The van der Waals surface area contributed by atoms with Gasteiger partial charge >= 0.3 is 0 Å². The summed E-state index contributed by atoms with van der Waals surface area (Å²) in [4.78, 5) is 28.6. The topological polar surface area (TPSA) is 81.1 Å². The lowest BCUT2D eigenvalue weighted by Gasteiger charge is -2.31. The van der Waals surface area contributed by atoms with E-state index in [1.165, 1.54) is 0 Å².